The number of ether oxygens (including phenoxy) is 3. The Bertz CT molecular complexity index is 803. The summed E-state index contributed by atoms with van der Waals surface area (Å²) in [4.78, 5) is 23.7. The lowest BCUT2D eigenvalue weighted by atomic mass is 10.2. The number of carboxylic acid groups (broad SMARTS) is 1. The molecule has 0 aliphatic rings. The van der Waals surface area contributed by atoms with Crippen LogP contribution in [0.15, 0.2) is 39.3 Å². The lowest BCUT2D eigenvalue weighted by Gasteiger charge is -2.12. The number of esters is 1. The first-order valence-electron chi connectivity index (χ1n) is 6.54. The standard InChI is InChI=1S/C16H12Br2O6/c1-22-8-3-4-12(17)10(5-8)16(21)24-13-7-9(23-2)6-11(14(13)18)15(19)20/h3-7H,1-2H3,(H,19,20). The molecule has 0 spiro atoms. The van der Waals surface area contributed by atoms with Gasteiger partial charge in [0, 0.05) is 10.5 Å². The van der Waals surface area contributed by atoms with Gasteiger partial charge in [0.25, 0.3) is 0 Å². The first-order valence-corrected chi connectivity index (χ1v) is 8.12. The smallest absolute Gasteiger partial charge is 0.344 e. The molecule has 0 atom stereocenters. The molecule has 0 saturated carbocycles. The molecule has 0 aliphatic carbocycles. The van der Waals surface area contributed by atoms with Gasteiger partial charge in [-0.2, -0.15) is 0 Å². The van der Waals surface area contributed by atoms with Crippen LogP contribution < -0.4 is 14.2 Å². The maximum Gasteiger partial charge on any atom is 0.344 e. The maximum atomic E-state index is 12.4. The molecule has 0 aromatic heterocycles. The SMILES string of the molecule is COc1ccc(Br)c(C(=O)Oc2cc(OC)cc(C(=O)O)c2Br)c1. The molecule has 0 saturated heterocycles. The number of halogens is 2. The Hall–Kier alpha value is -2.06. The predicted molar refractivity (Wildman–Crippen MR) is 93.3 cm³/mol. The topological polar surface area (TPSA) is 82.1 Å². The molecule has 0 bridgehead atoms. The Kier molecular flexibility index (Phi) is 5.84. The van der Waals surface area contributed by atoms with E-state index < -0.39 is 11.9 Å². The fourth-order valence-electron chi connectivity index (χ4n) is 1.86. The highest BCUT2D eigenvalue weighted by Crippen LogP contribution is 2.35. The Morgan fingerprint density at radius 3 is 2.17 bits per heavy atom. The fourth-order valence-corrected chi connectivity index (χ4v) is 2.75. The summed E-state index contributed by atoms with van der Waals surface area (Å²) >= 11 is 6.41. The third kappa shape index (κ3) is 3.88. The van der Waals surface area contributed by atoms with Crippen molar-refractivity contribution in [3.05, 3.63) is 50.4 Å². The summed E-state index contributed by atoms with van der Waals surface area (Å²) in [6.07, 6.45) is 0. The van der Waals surface area contributed by atoms with Crippen molar-refractivity contribution in [2.45, 2.75) is 0 Å². The third-order valence-corrected chi connectivity index (χ3v) is 4.58. The molecule has 6 nitrogen and oxygen atoms in total. The van der Waals surface area contributed by atoms with Crippen LogP contribution in [0.2, 0.25) is 0 Å². The van der Waals surface area contributed by atoms with Crippen molar-refractivity contribution in [1.29, 1.82) is 0 Å². The van der Waals surface area contributed by atoms with Crippen LogP contribution in [0.3, 0.4) is 0 Å². The van der Waals surface area contributed by atoms with Gasteiger partial charge in [-0.25, -0.2) is 9.59 Å². The van der Waals surface area contributed by atoms with E-state index in [0.29, 0.717) is 10.2 Å². The Balaban J connectivity index is 2.42. The van der Waals surface area contributed by atoms with Crippen LogP contribution in [-0.2, 0) is 0 Å². The van der Waals surface area contributed by atoms with Gasteiger partial charge in [-0.1, -0.05) is 0 Å². The normalized spacial score (nSPS) is 10.2. The molecule has 2 rings (SSSR count). The van der Waals surface area contributed by atoms with Crippen LogP contribution in [0.25, 0.3) is 0 Å². The highest BCUT2D eigenvalue weighted by Gasteiger charge is 2.20. The largest absolute Gasteiger partial charge is 0.497 e. The molecule has 0 heterocycles. The highest BCUT2D eigenvalue weighted by atomic mass is 79.9. The second-order valence-electron chi connectivity index (χ2n) is 4.53. The van der Waals surface area contributed by atoms with E-state index in [0.717, 1.165) is 0 Å². The van der Waals surface area contributed by atoms with Crippen LogP contribution in [0.1, 0.15) is 20.7 Å². The molecule has 0 unspecified atom stereocenters. The van der Waals surface area contributed by atoms with E-state index in [1.807, 2.05) is 0 Å². The van der Waals surface area contributed by atoms with Crippen molar-refractivity contribution < 1.29 is 28.9 Å². The van der Waals surface area contributed by atoms with E-state index in [4.69, 9.17) is 14.2 Å². The number of methoxy groups -OCH3 is 2. The number of hydrogen-bond donors (Lipinski definition) is 1. The van der Waals surface area contributed by atoms with Gasteiger partial charge in [-0.15, -0.1) is 0 Å². The first kappa shape index (κ1) is 18.3. The van der Waals surface area contributed by atoms with Gasteiger partial charge in [0.1, 0.15) is 17.2 Å². The molecule has 2 aromatic carbocycles. The molecule has 0 aliphatic heterocycles. The van der Waals surface area contributed by atoms with Gasteiger partial charge < -0.3 is 19.3 Å². The second kappa shape index (κ2) is 7.67. The molecule has 126 valence electrons. The third-order valence-electron chi connectivity index (χ3n) is 3.07. The minimum atomic E-state index is -1.18. The summed E-state index contributed by atoms with van der Waals surface area (Å²) in [6.45, 7) is 0. The fraction of sp³-hybridized carbons (Fsp3) is 0.125. The molecule has 8 heteroatoms. The number of carbonyl (C=O) groups is 2. The summed E-state index contributed by atoms with van der Waals surface area (Å²) in [6, 6.07) is 7.59. The van der Waals surface area contributed by atoms with Gasteiger partial charge >= 0.3 is 11.9 Å². The van der Waals surface area contributed by atoms with Gasteiger partial charge in [0.15, 0.2) is 0 Å². The van der Waals surface area contributed by atoms with E-state index in [-0.39, 0.29) is 27.1 Å². The number of aromatic carboxylic acids is 1. The zero-order valence-electron chi connectivity index (χ0n) is 12.6. The summed E-state index contributed by atoms with van der Waals surface area (Å²) in [5, 5.41) is 9.22. The zero-order chi connectivity index (χ0) is 17.9. The lowest BCUT2D eigenvalue weighted by molar-refractivity contribution is 0.0684. The van der Waals surface area contributed by atoms with Gasteiger partial charge in [0.2, 0.25) is 0 Å². The monoisotopic (exact) mass is 458 g/mol. The van der Waals surface area contributed by atoms with E-state index in [1.54, 1.807) is 12.1 Å². The molecule has 0 radical (unpaired) electrons. The summed E-state index contributed by atoms with van der Waals surface area (Å²) in [7, 11) is 2.87. The van der Waals surface area contributed by atoms with Crippen LogP contribution in [0.4, 0.5) is 0 Å². The Morgan fingerprint density at radius 2 is 1.58 bits per heavy atom. The van der Waals surface area contributed by atoms with E-state index in [1.165, 1.54) is 32.4 Å². The molecule has 0 fully saturated rings. The Morgan fingerprint density at radius 1 is 0.958 bits per heavy atom. The highest BCUT2D eigenvalue weighted by molar-refractivity contribution is 9.11. The van der Waals surface area contributed by atoms with Crippen LogP contribution in [-0.4, -0.2) is 31.3 Å². The molecule has 0 amide bonds. The molecule has 1 N–H and O–H groups in total. The molecular formula is C16H12Br2O6. The van der Waals surface area contributed by atoms with Crippen LogP contribution >= 0.6 is 31.9 Å². The number of rotatable bonds is 5. The van der Waals surface area contributed by atoms with E-state index >= 15 is 0 Å². The summed E-state index contributed by atoms with van der Waals surface area (Å²) < 4.78 is 16.1. The minimum Gasteiger partial charge on any atom is -0.497 e. The zero-order valence-corrected chi connectivity index (χ0v) is 15.8. The van der Waals surface area contributed by atoms with Crippen molar-refractivity contribution in [3.8, 4) is 17.2 Å². The van der Waals surface area contributed by atoms with E-state index in [9.17, 15) is 14.7 Å². The van der Waals surface area contributed by atoms with Gasteiger partial charge in [0.05, 0.1) is 29.8 Å². The number of hydrogen-bond acceptors (Lipinski definition) is 5. The van der Waals surface area contributed by atoms with Crippen molar-refractivity contribution in [3.63, 3.8) is 0 Å². The van der Waals surface area contributed by atoms with Crippen molar-refractivity contribution in [2.24, 2.45) is 0 Å². The first-order chi connectivity index (χ1) is 11.4. The van der Waals surface area contributed by atoms with Crippen molar-refractivity contribution >= 4 is 43.8 Å². The molecule has 24 heavy (non-hydrogen) atoms. The van der Waals surface area contributed by atoms with Gasteiger partial charge in [-0.3, -0.25) is 0 Å². The number of benzene rings is 2. The van der Waals surface area contributed by atoms with E-state index in [2.05, 4.69) is 31.9 Å². The average molecular weight is 460 g/mol. The minimum absolute atomic E-state index is 0.0338. The van der Waals surface area contributed by atoms with Crippen LogP contribution in [0.5, 0.6) is 17.2 Å². The van der Waals surface area contributed by atoms with Gasteiger partial charge in [-0.05, 0) is 56.1 Å². The van der Waals surface area contributed by atoms with Crippen LogP contribution in [0, 0.1) is 0 Å². The average Bonchev–Trinajstić information content (AvgIpc) is 2.56. The maximum absolute atomic E-state index is 12.4. The number of carboxylic acids is 1. The molecular weight excluding hydrogens is 448 g/mol. The summed E-state index contributed by atoms with van der Waals surface area (Å²) in [5.41, 5.74) is 0.155. The predicted octanol–water partition coefficient (Wildman–Crippen LogP) is 4.15. The van der Waals surface area contributed by atoms with Crippen molar-refractivity contribution in [1.82, 2.24) is 0 Å². The second-order valence-corrected chi connectivity index (χ2v) is 6.17. The molecule has 2 aromatic rings. The quantitative estimate of drug-likeness (QED) is 0.534. The van der Waals surface area contributed by atoms with Crippen molar-refractivity contribution in [2.75, 3.05) is 14.2 Å². The lowest BCUT2D eigenvalue weighted by Crippen LogP contribution is -2.11. The Labute approximate surface area is 154 Å². The number of carbonyl (C=O) groups excluding carboxylic acids is 1. The summed E-state index contributed by atoms with van der Waals surface area (Å²) in [5.74, 6) is -1.08.